The number of ether oxygens (including phenoxy) is 1. The highest BCUT2D eigenvalue weighted by Crippen LogP contribution is 2.14. The minimum Gasteiger partial charge on any atom is -0.461 e. The predicted molar refractivity (Wildman–Crippen MR) is 112 cm³/mol. The first-order valence-electron chi connectivity index (χ1n) is 10.6. The van der Waals surface area contributed by atoms with Crippen molar-refractivity contribution in [2.24, 2.45) is 0 Å². The van der Waals surface area contributed by atoms with E-state index in [1.807, 2.05) is 24.3 Å². The van der Waals surface area contributed by atoms with Crippen molar-refractivity contribution in [2.75, 3.05) is 0 Å². The molecule has 0 N–H and O–H groups in total. The Hall–Kier alpha value is -1.02. The molecule has 0 aromatic heterocycles. The summed E-state index contributed by atoms with van der Waals surface area (Å²) in [5, 5.41) is 0.701. The molecule has 3 heteroatoms. The zero-order valence-electron chi connectivity index (χ0n) is 16.6. The summed E-state index contributed by atoms with van der Waals surface area (Å²) < 4.78 is 5.29. The monoisotopic (exact) mass is 380 g/mol. The van der Waals surface area contributed by atoms with E-state index in [0.29, 0.717) is 18.1 Å². The summed E-state index contributed by atoms with van der Waals surface area (Å²) in [4.78, 5) is 11.7. The summed E-state index contributed by atoms with van der Waals surface area (Å²) >= 11 is 5.84. The maximum absolute atomic E-state index is 11.7. The number of carbonyl (C=O) groups excluding carboxylic acids is 1. The molecule has 0 aliphatic carbocycles. The summed E-state index contributed by atoms with van der Waals surface area (Å²) in [5.74, 6) is -0.0944. The Balaban J connectivity index is 1.83. The molecule has 0 fully saturated rings. The SMILES string of the molecule is CCCCCCCCCCCCCCCC(=O)OCc1ccc(Cl)cc1. The average Bonchev–Trinajstić information content (AvgIpc) is 2.65. The van der Waals surface area contributed by atoms with Crippen LogP contribution in [0, 0.1) is 0 Å². The lowest BCUT2D eigenvalue weighted by molar-refractivity contribution is -0.145. The number of halogens is 1. The summed E-state index contributed by atoms with van der Waals surface area (Å²) in [5.41, 5.74) is 0.980. The lowest BCUT2D eigenvalue weighted by atomic mass is 10.0. The summed E-state index contributed by atoms with van der Waals surface area (Å²) in [6.45, 7) is 2.61. The predicted octanol–water partition coefficient (Wildman–Crippen LogP) is 7.86. The minimum atomic E-state index is -0.0944. The van der Waals surface area contributed by atoms with Crippen LogP contribution in [0.4, 0.5) is 0 Å². The maximum atomic E-state index is 11.7. The molecule has 0 radical (unpaired) electrons. The number of hydrogen-bond acceptors (Lipinski definition) is 2. The molecule has 0 spiro atoms. The van der Waals surface area contributed by atoms with E-state index in [0.717, 1.165) is 18.4 Å². The third kappa shape index (κ3) is 13.2. The van der Waals surface area contributed by atoms with E-state index in [1.54, 1.807) is 0 Å². The third-order valence-corrected chi connectivity index (χ3v) is 5.05. The Morgan fingerprint density at radius 1 is 0.769 bits per heavy atom. The van der Waals surface area contributed by atoms with Gasteiger partial charge in [-0.1, -0.05) is 108 Å². The molecular formula is C23H37ClO2. The second kappa shape index (κ2) is 16.2. The van der Waals surface area contributed by atoms with Crippen LogP contribution < -0.4 is 0 Å². The fourth-order valence-electron chi connectivity index (χ4n) is 3.10. The molecule has 0 saturated carbocycles. The zero-order valence-corrected chi connectivity index (χ0v) is 17.4. The third-order valence-electron chi connectivity index (χ3n) is 4.80. The molecule has 26 heavy (non-hydrogen) atoms. The van der Waals surface area contributed by atoms with Crippen molar-refractivity contribution < 1.29 is 9.53 Å². The van der Waals surface area contributed by atoms with E-state index in [9.17, 15) is 4.79 Å². The number of hydrogen-bond donors (Lipinski definition) is 0. The maximum Gasteiger partial charge on any atom is 0.306 e. The quantitative estimate of drug-likeness (QED) is 0.215. The zero-order chi connectivity index (χ0) is 18.9. The topological polar surface area (TPSA) is 26.3 Å². The lowest BCUT2D eigenvalue weighted by Crippen LogP contribution is -2.04. The number of rotatable bonds is 16. The Bertz CT molecular complexity index is 456. The average molecular weight is 381 g/mol. The molecule has 2 nitrogen and oxygen atoms in total. The van der Waals surface area contributed by atoms with Gasteiger partial charge in [-0.25, -0.2) is 0 Å². The van der Waals surface area contributed by atoms with E-state index in [1.165, 1.54) is 70.6 Å². The van der Waals surface area contributed by atoms with Crippen LogP contribution >= 0.6 is 11.6 Å². The number of unbranched alkanes of at least 4 members (excludes halogenated alkanes) is 12. The molecule has 0 amide bonds. The van der Waals surface area contributed by atoms with Crippen molar-refractivity contribution in [2.45, 2.75) is 103 Å². The molecule has 1 rings (SSSR count). The summed E-state index contributed by atoms with van der Waals surface area (Å²) in [7, 11) is 0. The smallest absolute Gasteiger partial charge is 0.306 e. The standard InChI is InChI=1S/C23H37ClO2/c1-2-3-4-5-6-7-8-9-10-11-12-13-14-15-23(25)26-20-21-16-18-22(24)19-17-21/h16-19H,2-15,20H2,1H3. The van der Waals surface area contributed by atoms with Crippen molar-refractivity contribution in [3.05, 3.63) is 34.9 Å². The first-order chi connectivity index (χ1) is 12.7. The van der Waals surface area contributed by atoms with Gasteiger partial charge in [-0.2, -0.15) is 0 Å². The van der Waals surface area contributed by atoms with Gasteiger partial charge < -0.3 is 4.74 Å². The van der Waals surface area contributed by atoms with Crippen molar-refractivity contribution in [3.63, 3.8) is 0 Å². The normalized spacial score (nSPS) is 10.8. The second-order valence-corrected chi connectivity index (χ2v) is 7.72. The van der Waals surface area contributed by atoms with Gasteiger partial charge in [0, 0.05) is 11.4 Å². The molecule has 1 aromatic rings. The first-order valence-corrected chi connectivity index (χ1v) is 11.0. The summed E-state index contributed by atoms with van der Waals surface area (Å²) in [6.07, 6.45) is 17.6. The Kier molecular flexibility index (Phi) is 14.3. The number of carbonyl (C=O) groups is 1. The highest BCUT2D eigenvalue weighted by atomic mass is 35.5. The Morgan fingerprint density at radius 2 is 1.23 bits per heavy atom. The molecule has 0 aliphatic rings. The van der Waals surface area contributed by atoms with Gasteiger partial charge >= 0.3 is 5.97 Å². The molecule has 0 atom stereocenters. The van der Waals surface area contributed by atoms with Gasteiger partial charge in [0.25, 0.3) is 0 Å². The highest BCUT2D eigenvalue weighted by molar-refractivity contribution is 6.30. The van der Waals surface area contributed by atoms with Crippen LogP contribution in [0.3, 0.4) is 0 Å². The largest absolute Gasteiger partial charge is 0.461 e. The molecule has 1 aromatic carbocycles. The van der Waals surface area contributed by atoms with Crippen molar-refractivity contribution >= 4 is 17.6 Å². The van der Waals surface area contributed by atoms with E-state index < -0.39 is 0 Å². The molecule has 148 valence electrons. The summed E-state index contributed by atoms with van der Waals surface area (Å²) in [6, 6.07) is 7.41. The van der Waals surface area contributed by atoms with Gasteiger partial charge in [-0.05, 0) is 24.1 Å². The van der Waals surface area contributed by atoms with Gasteiger partial charge in [0.2, 0.25) is 0 Å². The molecule has 0 bridgehead atoms. The van der Waals surface area contributed by atoms with Crippen LogP contribution in [0.1, 0.15) is 102 Å². The lowest BCUT2D eigenvalue weighted by Gasteiger charge is -2.05. The molecule has 0 unspecified atom stereocenters. The van der Waals surface area contributed by atoms with E-state index >= 15 is 0 Å². The molecule has 0 aliphatic heterocycles. The van der Waals surface area contributed by atoms with Crippen molar-refractivity contribution in [1.82, 2.24) is 0 Å². The van der Waals surface area contributed by atoms with Gasteiger partial charge in [0.05, 0.1) is 0 Å². The van der Waals surface area contributed by atoms with Gasteiger partial charge in [0.15, 0.2) is 0 Å². The fraction of sp³-hybridized carbons (Fsp3) is 0.696. The highest BCUT2D eigenvalue weighted by Gasteiger charge is 2.03. The molecular weight excluding hydrogens is 344 g/mol. The fourth-order valence-corrected chi connectivity index (χ4v) is 3.23. The van der Waals surface area contributed by atoms with E-state index in [-0.39, 0.29) is 5.97 Å². The molecule has 0 heterocycles. The van der Waals surface area contributed by atoms with Gasteiger partial charge in [0.1, 0.15) is 6.61 Å². The van der Waals surface area contributed by atoms with Crippen LogP contribution in [0.15, 0.2) is 24.3 Å². The van der Waals surface area contributed by atoms with Crippen molar-refractivity contribution in [1.29, 1.82) is 0 Å². The van der Waals surface area contributed by atoms with Gasteiger partial charge in [-0.3, -0.25) is 4.79 Å². The van der Waals surface area contributed by atoms with Crippen LogP contribution in [-0.2, 0) is 16.1 Å². The number of benzene rings is 1. The Labute approximate surface area is 165 Å². The second-order valence-electron chi connectivity index (χ2n) is 7.28. The van der Waals surface area contributed by atoms with Crippen LogP contribution in [0.2, 0.25) is 5.02 Å². The number of esters is 1. The van der Waals surface area contributed by atoms with Crippen molar-refractivity contribution in [3.8, 4) is 0 Å². The van der Waals surface area contributed by atoms with Gasteiger partial charge in [-0.15, -0.1) is 0 Å². The van der Waals surface area contributed by atoms with E-state index in [4.69, 9.17) is 16.3 Å². The van der Waals surface area contributed by atoms with E-state index in [2.05, 4.69) is 6.92 Å². The minimum absolute atomic E-state index is 0.0944. The van der Waals surface area contributed by atoms with Crippen LogP contribution in [0.25, 0.3) is 0 Å². The van der Waals surface area contributed by atoms with Crippen LogP contribution in [-0.4, -0.2) is 5.97 Å². The Morgan fingerprint density at radius 3 is 1.73 bits per heavy atom. The molecule has 0 saturated heterocycles. The van der Waals surface area contributed by atoms with Crippen LogP contribution in [0.5, 0.6) is 0 Å². The first kappa shape index (κ1) is 23.0.